The highest BCUT2D eigenvalue weighted by molar-refractivity contribution is 5.32. The zero-order chi connectivity index (χ0) is 11.4. The lowest BCUT2D eigenvalue weighted by Gasteiger charge is -2.29. The normalized spacial score (nSPS) is 24.6. The Bertz CT molecular complexity index is 328. The first kappa shape index (κ1) is 11.4. The molecule has 88 valence electrons. The molecule has 1 N–H and O–H groups in total. The summed E-state index contributed by atoms with van der Waals surface area (Å²) in [5.74, 6) is 0.898. The SMILES string of the molecule is COCC1(c2ccc(OC)cc2)CCCN1. The average molecular weight is 221 g/mol. The Balaban J connectivity index is 2.24. The average Bonchev–Trinajstić information content (AvgIpc) is 2.80. The third-order valence-electron chi connectivity index (χ3n) is 3.28. The Morgan fingerprint density at radius 1 is 1.25 bits per heavy atom. The number of methoxy groups -OCH3 is 2. The molecule has 1 fully saturated rings. The Kier molecular flexibility index (Phi) is 3.46. The van der Waals surface area contributed by atoms with Crippen LogP contribution in [0.5, 0.6) is 5.75 Å². The van der Waals surface area contributed by atoms with Crippen LogP contribution >= 0.6 is 0 Å². The lowest BCUT2D eigenvalue weighted by atomic mass is 9.89. The first-order chi connectivity index (χ1) is 7.80. The van der Waals surface area contributed by atoms with Crippen LogP contribution in [0.4, 0.5) is 0 Å². The fourth-order valence-electron chi connectivity index (χ4n) is 2.42. The molecule has 0 bridgehead atoms. The number of hydrogen-bond acceptors (Lipinski definition) is 3. The molecule has 1 saturated heterocycles. The molecule has 0 amide bonds. The molecule has 2 rings (SSSR count). The summed E-state index contributed by atoms with van der Waals surface area (Å²) in [6, 6.07) is 8.26. The van der Waals surface area contributed by atoms with Gasteiger partial charge in [-0.15, -0.1) is 0 Å². The van der Waals surface area contributed by atoms with Crippen molar-refractivity contribution in [2.45, 2.75) is 18.4 Å². The minimum atomic E-state index is 0.00101. The van der Waals surface area contributed by atoms with Crippen LogP contribution in [0.1, 0.15) is 18.4 Å². The number of nitrogens with one attached hydrogen (secondary N) is 1. The Hall–Kier alpha value is -1.06. The molecule has 0 spiro atoms. The van der Waals surface area contributed by atoms with Crippen LogP contribution in [0.2, 0.25) is 0 Å². The highest BCUT2D eigenvalue weighted by atomic mass is 16.5. The molecule has 0 aromatic heterocycles. The second-order valence-corrected chi connectivity index (χ2v) is 4.27. The Morgan fingerprint density at radius 3 is 2.50 bits per heavy atom. The zero-order valence-electron chi connectivity index (χ0n) is 9.95. The van der Waals surface area contributed by atoms with Gasteiger partial charge in [-0.25, -0.2) is 0 Å². The van der Waals surface area contributed by atoms with Crippen molar-refractivity contribution in [2.24, 2.45) is 0 Å². The van der Waals surface area contributed by atoms with Crippen LogP contribution in [0, 0.1) is 0 Å². The van der Waals surface area contributed by atoms with Crippen molar-refractivity contribution in [2.75, 3.05) is 27.4 Å². The summed E-state index contributed by atoms with van der Waals surface area (Å²) in [4.78, 5) is 0. The van der Waals surface area contributed by atoms with Crippen LogP contribution in [-0.2, 0) is 10.3 Å². The fourth-order valence-corrected chi connectivity index (χ4v) is 2.42. The topological polar surface area (TPSA) is 30.5 Å². The molecule has 1 atom stereocenters. The van der Waals surface area contributed by atoms with Crippen molar-refractivity contribution in [3.63, 3.8) is 0 Å². The van der Waals surface area contributed by atoms with Gasteiger partial charge in [-0.1, -0.05) is 12.1 Å². The van der Waals surface area contributed by atoms with E-state index in [9.17, 15) is 0 Å². The maximum absolute atomic E-state index is 5.35. The molecule has 1 aromatic rings. The molecule has 0 aliphatic carbocycles. The summed E-state index contributed by atoms with van der Waals surface area (Å²) in [6.07, 6.45) is 2.34. The van der Waals surface area contributed by atoms with E-state index in [1.165, 1.54) is 12.0 Å². The van der Waals surface area contributed by atoms with Crippen molar-refractivity contribution in [3.05, 3.63) is 29.8 Å². The van der Waals surface area contributed by atoms with Crippen LogP contribution < -0.4 is 10.1 Å². The third-order valence-corrected chi connectivity index (χ3v) is 3.28. The summed E-state index contributed by atoms with van der Waals surface area (Å²) in [5.41, 5.74) is 1.29. The highest BCUT2D eigenvalue weighted by Crippen LogP contribution is 2.32. The molecule has 1 unspecified atom stereocenters. The molecule has 0 saturated carbocycles. The fraction of sp³-hybridized carbons (Fsp3) is 0.538. The van der Waals surface area contributed by atoms with E-state index in [0.717, 1.165) is 25.3 Å². The summed E-state index contributed by atoms with van der Waals surface area (Å²) in [6.45, 7) is 1.79. The monoisotopic (exact) mass is 221 g/mol. The van der Waals surface area contributed by atoms with E-state index in [0.29, 0.717) is 0 Å². The van der Waals surface area contributed by atoms with Gasteiger partial charge < -0.3 is 14.8 Å². The molecule has 3 nitrogen and oxygen atoms in total. The molecule has 1 heterocycles. The zero-order valence-corrected chi connectivity index (χ0v) is 9.95. The molecular weight excluding hydrogens is 202 g/mol. The Morgan fingerprint density at radius 2 is 2.00 bits per heavy atom. The van der Waals surface area contributed by atoms with Crippen molar-refractivity contribution in [3.8, 4) is 5.75 Å². The van der Waals surface area contributed by atoms with Gasteiger partial charge in [0.15, 0.2) is 0 Å². The van der Waals surface area contributed by atoms with E-state index in [2.05, 4.69) is 17.4 Å². The summed E-state index contributed by atoms with van der Waals surface area (Å²) in [7, 11) is 3.44. The lowest BCUT2D eigenvalue weighted by molar-refractivity contribution is 0.120. The molecular formula is C13H19NO2. The van der Waals surface area contributed by atoms with Crippen molar-refractivity contribution >= 4 is 0 Å². The van der Waals surface area contributed by atoms with Gasteiger partial charge in [-0.2, -0.15) is 0 Å². The highest BCUT2D eigenvalue weighted by Gasteiger charge is 2.35. The maximum Gasteiger partial charge on any atom is 0.118 e. The second-order valence-electron chi connectivity index (χ2n) is 4.27. The summed E-state index contributed by atoms with van der Waals surface area (Å²) in [5, 5.41) is 3.56. The van der Waals surface area contributed by atoms with Gasteiger partial charge in [0.1, 0.15) is 5.75 Å². The lowest BCUT2D eigenvalue weighted by Crippen LogP contribution is -2.41. The standard InChI is InChI=1S/C13H19NO2/c1-15-10-13(8-3-9-14-13)11-4-6-12(16-2)7-5-11/h4-7,14H,3,8-10H2,1-2H3. The second kappa shape index (κ2) is 4.85. The molecule has 0 radical (unpaired) electrons. The third kappa shape index (κ3) is 2.06. The molecule has 16 heavy (non-hydrogen) atoms. The molecule has 3 heteroatoms. The van der Waals surface area contributed by atoms with E-state index in [1.54, 1.807) is 14.2 Å². The van der Waals surface area contributed by atoms with E-state index < -0.39 is 0 Å². The van der Waals surface area contributed by atoms with Gasteiger partial charge in [0.05, 0.1) is 19.3 Å². The predicted molar refractivity (Wildman–Crippen MR) is 63.8 cm³/mol. The van der Waals surface area contributed by atoms with Crippen LogP contribution in [0.3, 0.4) is 0 Å². The predicted octanol–water partition coefficient (Wildman–Crippen LogP) is 1.92. The van der Waals surface area contributed by atoms with Crippen molar-refractivity contribution in [1.29, 1.82) is 0 Å². The minimum Gasteiger partial charge on any atom is -0.497 e. The van der Waals surface area contributed by atoms with Crippen LogP contribution in [-0.4, -0.2) is 27.4 Å². The smallest absolute Gasteiger partial charge is 0.118 e. The molecule has 1 aromatic carbocycles. The quantitative estimate of drug-likeness (QED) is 0.842. The van der Waals surface area contributed by atoms with Gasteiger partial charge in [0.2, 0.25) is 0 Å². The number of rotatable bonds is 4. The van der Waals surface area contributed by atoms with Gasteiger partial charge in [-0.3, -0.25) is 0 Å². The van der Waals surface area contributed by atoms with Crippen molar-refractivity contribution < 1.29 is 9.47 Å². The summed E-state index contributed by atoms with van der Waals surface area (Å²) >= 11 is 0. The first-order valence-electron chi connectivity index (χ1n) is 5.69. The van der Waals surface area contributed by atoms with Crippen molar-refractivity contribution in [1.82, 2.24) is 5.32 Å². The van der Waals surface area contributed by atoms with E-state index in [1.807, 2.05) is 12.1 Å². The number of hydrogen-bond donors (Lipinski definition) is 1. The Labute approximate surface area is 96.8 Å². The first-order valence-corrected chi connectivity index (χ1v) is 5.69. The van der Waals surface area contributed by atoms with E-state index in [4.69, 9.17) is 9.47 Å². The van der Waals surface area contributed by atoms with Gasteiger partial charge in [0, 0.05) is 7.11 Å². The summed E-state index contributed by atoms with van der Waals surface area (Å²) < 4.78 is 10.5. The number of benzene rings is 1. The molecule has 1 aliphatic heterocycles. The van der Waals surface area contributed by atoms with Crippen LogP contribution in [0.15, 0.2) is 24.3 Å². The van der Waals surface area contributed by atoms with Gasteiger partial charge in [0.25, 0.3) is 0 Å². The number of ether oxygens (including phenoxy) is 2. The maximum atomic E-state index is 5.35. The van der Waals surface area contributed by atoms with Crippen LogP contribution in [0.25, 0.3) is 0 Å². The largest absolute Gasteiger partial charge is 0.497 e. The van der Waals surface area contributed by atoms with Gasteiger partial charge >= 0.3 is 0 Å². The van der Waals surface area contributed by atoms with E-state index >= 15 is 0 Å². The minimum absolute atomic E-state index is 0.00101. The van der Waals surface area contributed by atoms with E-state index in [-0.39, 0.29) is 5.54 Å². The molecule has 1 aliphatic rings. The van der Waals surface area contributed by atoms with Gasteiger partial charge in [-0.05, 0) is 37.1 Å².